The molecule has 0 aromatic carbocycles. The van der Waals surface area contributed by atoms with Crippen LogP contribution in [0.4, 0.5) is 0 Å². The molecule has 0 spiro atoms. The van der Waals surface area contributed by atoms with Gasteiger partial charge in [-0.1, -0.05) is 6.92 Å². The highest BCUT2D eigenvalue weighted by Gasteiger charge is 2.25. The van der Waals surface area contributed by atoms with Crippen LogP contribution < -0.4 is 0 Å². The van der Waals surface area contributed by atoms with Crippen LogP contribution in [0.5, 0.6) is 0 Å². The summed E-state index contributed by atoms with van der Waals surface area (Å²) in [5, 5.41) is 0. The topological polar surface area (TPSA) is 29.5 Å². The third-order valence-electron chi connectivity index (χ3n) is 2.75. The number of hydrogen-bond acceptors (Lipinski definition) is 3. The van der Waals surface area contributed by atoms with Crippen molar-refractivity contribution < 1.29 is 9.53 Å². The zero-order valence-electron chi connectivity index (χ0n) is 9.29. The number of hydrogen-bond donors (Lipinski definition) is 0. The van der Waals surface area contributed by atoms with Gasteiger partial charge in [0.25, 0.3) is 0 Å². The fraction of sp³-hybridized carbons (Fsp3) is 0.909. The van der Waals surface area contributed by atoms with Gasteiger partial charge in [0.05, 0.1) is 12.5 Å². The van der Waals surface area contributed by atoms with E-state index >= 15 is 0 Å². The van der Waals surface area contributed by atoms with Gasteiger partial charge in [0.15, 0.2) is 0 Å². The van der Waals surface area contributed by atoms with Crippen LogP contribution >= 0.6 is 0 Å². The van der Waals surface area contributed by atoms with E-state index in [1.54, 1.807) is 0 Å². The fourth-order valence-electron chi connectivity index (χ4n) is 1.97. The summed E-state index contributed by atoms with van der Waals surface area (Å²) in [4.78, 5) is 13.8. The van der Waals surface area contributed by atoms with Crippen molar-refractivity contribution in [2.24, 2.45) is 5.92 Å². The van der Waals surface area contributed by atoms with Crippen molar-refractivity contribution >= 4 is 5.97 Å². The molecule has 0 unspecified atom stereocenters. The van der Waals surface area contributed by atoms with Gasteiger partial charge in [0, 0.05) is 0 Å². The molecular weight excluding hydrogens is 178 g/mol. The Labute approximate surface area is 86.4 Å². The smallest absolute Gasteiger partial charge is 0.309 e. The van der Waals surface area contributed by atoms with Gasteiger partial charge < -0.3 is 9.64 Å². The Kier molecular flexibility index (Phi) is 4.94. The predicted octanol–water partition coefficient (Wildman–Crippen LogP) is 1.67. The van der Waals surface area contributed by atoms with Gasteiger partial charge in [-0.15, -0.1) is 0 Å². The van der Waals surface area contributed by atoms with E-state index in [2.05, 4.69) is 11.8 Å². The zero-order chi connectivity index (χ0) is 10.4. The summed E-state index contributed by atoms with van der Waals surface area (Å²) in [7, 11) is 0. The lowest BCUT2D eigenvalue weighted by atomic mass is 9.97. The second kappa shape index (κ2) is 6.02. The van der Waals surface area contributed by atoms with E-state index < -0.39 is 0 Å². The van der Waals surface area contributed by atoms with E-state index in [0.29, 0.717) is 6.61 Å². The molecular formula is C11H21NO2. The van der Waals surface area contributed by atoms with Gasteiger partial charge >= 0.3 is 5.97 Å². The lowest BCUT2D eigenvalue weighted by Gasteiger charge is -2.30. The number of rotatable bonds is 4. The summed E-state index contributed by atoms with van der Waals surface area (Å²) in [6.45, 7) is 7.83. The van der Waals surface area contributed by atoms with E-state index in [4.69, 9.17) is 4.74 Å². The number of nitrogens with zero attached hydrogens (tertiary/aromatic N) is 1. The molecule has 0 N–H and O–H groups in total. The second-order valence-electron chi connectivity index (χ2n) is 3.87. The third kappa shape index (κ3) is 3.29. The summed E-state index contributed by atoms with van der Waals surface area (Å²) in [5.41, 5.74) is 0. The molecule has 0 bridgehead atoms. The molecule has 3 heteroatoms. The Hall–Kier alpha value is -0.570. The van der Waals surface area contributed by atoms with Gasteiger partial charge in [-0.2, -0.15) is 0 Å². The second-order valence-corrected chi connectivity index (χ2v) is 3.87. The normalized spacial score (nSPS) is 19.6. The summed E-state index contributed by atoms with van der Waals surface area (Å²) in [5.74, 6) is 0.159. The summed E-state index contributed by atoms with van der Waals surface area (Å²) < 4.78 is 5.02. The van der Waals surface area contributed by atoms with Gasteiger partial charge in [-0.25, -0.2) is 0 Å². The zero-order valence-corrected chi connectivity index (χ0v) is 9.29. The van der Waals surface area contributed by atoms with Crippen molar-refractivity contribution in [3.8, 4) is 0 Å². The van der Waals surface area contributed by atoms with Crippen molar-refractivity contribution in [1.82, 2.24) is 4.90 Å². The van der Waals surface area contributed by atoms with Crippen LogP contribution in [-0.4, -0.2) is 37.1 Å². The SMILES string of the molecule is CCCN1CCC(C(=O)OCC)CC1. The minimum Gasteiger partial charge on any atom is -0.466 e. The van der Waals surface area contributed by atoms with Crippen molar-refractivity contribution in [2.75, 3.05) is 26.2 Å². The molecule has 1 heterocycles. The van der Waals surface area contributed by atoms with E-state index in [-0.39, 0.29) is 11.9 Å². The van der Waals surface area contributed by atoms with E-state index in [1.807, 2.05) is 6.92 Å². The summed E-state index contributed by atoms with van der Waals surface area (Å²) in [6.07, 6.45) is 3.14. The van der Waals surface area contributed by atoms with E-state index in [0.717, 1.165) is 32.5 Å². The Bertz CT molecular complexity index is 174. The molecule has 0 aliphatic carbocycles. The lowest BCUT2D eigenvalue weighted by molar-refractivity contribution is -0.149. The average molecular weight is 199 g/mol. The lowest BCUT2D eigenvalue weighted by Crippen LogP contribution is -2.37. The first kappa shape index (κ1) is 11.5. The van der Waals surface area contributed by atoms with Crippen molar-refractivity contribution in [1.29, 1.82) is 0 Å². The Morgan fingerprint density at radius 1 is 1.36 bits per heavy atom. The van der Waals surface area contributed by atoms with Crippen LogP contribution in [0.25, 0.3) is 0 Å². The summed E-state index contributed by atoms with van der Waals surface area (Å²) >= 11 is 0. The Morgan fingerprint density at radius 2 is 2.00 bits per heavy atom. The van der Waals surface area contributed by atoms with Crippen LogP contribution in [0.2, 0.25) is 0 Å². The van der Waals surface area contributed by atoms with Crippen molar-refractivity contribution in [3.63, 3.8) is 0 Å². The molecule has 14 heavy (non-hydrogen) atoms. The molecule has 0 aromatic rings. The standard InChI is InChI=1S/C11H21NO2/c1-3-7-12-8-5-10(6-9-12)11(13)14-4-2/h10H,3-9H2,1-2H3. The monoisotopic (exact) mass is 199 g/mol. The first-order chi connectivity index (χ1) is 6.77. The Morgan fingerprint density at radius 3 is 2.50 bits per heavy atom. The number of carbonyl (C=O) groups excluding carboxylic acids is 1. The number of likely N-dealkylation sites (tertiary alicyclic amines) is 1. The highest BCUT2D eigenvalue weighted by atomic mass is 16.5. The molecule has 0 atom stereocenters. The molecule has 3 nitrogen and oxygen atoms in total. The van der Waals surface area contributed by atoms with Gasteiger partial charge in [-0.3, -0.25) is 4.79 Å². The average Bonchev–Trinajstić information content (AvgIpc) is 2.20. The highest BCUT2D eigenvalue weighted by molar-refractivity contribution is 5.72. The van der Waals surface area contributed by atoms with E-state index in [1.165, 1.54) is 6.42 Å². The molecule has 1 fully saturated rings. The maximum atomic E-state index is 11.4. The number of piperidine rings is 1. The maximum Gasteiger partial charge on any atom is 0.309 e. The molecule has 0 aromatic heterocycles. The first-order valence-corrected chi connectivity index (χ1v) is 5.66. The number of ether oxygens (including phenoxy) is 1. The highest BCUT2D eigenvalue weighted by Crippen LogP contribution is 2.18. The maximum absolute atomic E-state index is 11.4. The fourth-order valence-corrected chi connectivity index (χ4v) is 1.97. The van der Waals surface area contributed by atoms with Gasteiger partial charge in [0.2, 0.25) is 0 Å². The molecule has 0 amide bonds. The van der Waals surface area contributed by atoms with Gasteiger partial charge in [0.1, 0.15) is 0 Å². The molecule has 1 aliphatic heterocycles. The van der Waals surface area contributed by atoms with E-state index in [9.17, 15) is 4.79 Å². The number of carbonyl (C=O) groups is 1. The van der Waals surface area contributed by atoms with Crippen LogP contribution in [-0.2, 0) is 9.53 Å². The Balaban J connectivity index is 2.24. The first-order valence-electron chi connectivity index (χ1n) is 5.66. The van der Waals surface area contributed by atoms with Crippen LogP contribution in [0.15, 0.2) is 0 Å². The van der Waals surface area contributed by atoms with Crippen LogP contribution in [0.3, 0.4) is 0 Å². The largest absolute Gasteiger partial charge is 0.466 e. The number of esters is 1. The van der Waals surface area contributed by atoms with Crippen LogP contribution in [0, 0.1) is 5.92 Å². The minimum absolute atomic E-state index is 0.00338. The quantitative estimate of drug-likeness (QED) is 0.645. The molecule has 0 saturated carbocycles. The van der Waals surface area contributed by atoms with Crippen LogP contribution in [0.1, 0.15) is 33.1 Å². The molecule has 1 rings (SSSR count). The summed E-state index contributed by atoms with van der Waals surface area (Å²) in [6, 6.07) is 0. The molecule has 82 valence electrons. The third-order valence-corrected chi connectivity index (χ3v) is 2.75. The van der Waals surface area contributed by atoms with Crippen molar-refractivity contribution in [2.45, 2.75) is 33.1 Å². The van der Waals surface area contributed by atoms with Crippen molar-refractivity contribution in [3.05, 3.63) is 0 Å². The molecule has 0 radical (unpaired) electrons. The molecule has 1 aliphatic rings. The molecule has 1 saturated heterocycles. The van der Waals surface area contributed by atoms with Gasteiger partial charge in [-0.05, 0) is 45.8 Å². The predicted molar refractivity (Wildman–Crippen MR) is 56.1 cm³/mol. The minimum atomic E-state index is 0.00338.